The van der Waals surface area contributed by atoms with Crippen LogP contribution in [0.4, 0.5) is 0 Å². The van der Waals surface area contributed by atoms with Gasteiger partial charge in [0.05, 0.1) is 0 Å². The highest BCUT2D eigenvalue weighted by atomic mass is 14.3. The van der Waals surface area contributed by atoms with Crippen molar-refractivity contribution >= 4 is 0 Å². The van der Waals surface area contributed by atoms with Crippen molar-refractivity contribution in [2.75, 3.05) is 0 Å². The number of hydrogen-bond donors (Lipinski definition) is 0. The largest absolute Gasteiger partial charge is 0.0748 e. The maximum Gasteiger partial charge on any atom is 0.00391 e. The first kappa shape index (κ1) is 8.80. The van der Waals surface area contributed by atoms with Crippen molar-refractivity contribution in [1.29, 1.82) is 0 Å². The molecule has 0 radical (unpaired) electrons. The van der Waals surface area contributed by atoms with Crippen molar-refractivity contribution in [2.45, 2.75) is 39.5 Å². The number of hydrogen-bond acceptors (Lipinski definition) is 0. The van der Waals surface area contributed by atoms with Crippen LogP contribution >= 0.6 is 0 Å². The van der Waals surface area contributed by atoms with Crippen molar-refractivity contribution in [1.82, 2.24) is 0 Å². The van der Waals surface area contributed by atoms with E-state index in [0.29, 0.717) is 5.41 Å². The van der Waals surface area contributed by atoms with E-state index in [0.717, 1.165) is 0 Å². The minimum Gasteiger partial charge on any atom is -0.0748 e. The molecular formula is C13H18. The molecule has 0 aliphatic heterocycles. The van der Waals surface area contributed by atoms with E-state index in [-0.39, 0.29) is 0 Å². The molecule has 1 unspecified atom stereocenters. The summed E-state index contributed by atoms with van der Waals surface area (Å²) in [6, 6.07) is 0. The Morgan fingerprint density at radius 2 is 2.08 bits per heavy atom. The second-order valence-corrected chi connectivity index (χ2v) is 4.43. The van der Waals surface area contributed by atoms with Crippen LogP contribution in [0.5, 0.6) is 0 Å². The molecule has 2 rings (SSSR count). The average molecular weight is 174 g/mol. The van der Waals surface area contributed by atoms with E-state index in [2.05, 4.69) is 38.2 Å². The van der Waals surface area contributed by atoms with Gasteiger partial charge in [0.15, 0.2) is 0 Å². The molecule has 0 aromatic carbocycles. The Morgan fingerprint density at radius 3 is 2.85 bits per heavy atom. The lowest BCUT2D eigenvalue weighted by Crippen LogP contribution is -2.07. The molecule has 70 valence electrons. The minimum absolute atomic E-state index is 0.303. The lowest BCUT2D eigenvalue weighted by molar-refractivity contribution is 0.527. The summed E-state index contributed by atoms with van der Waals surface area (Å²) in [5.74, 6) is 0. The zero-order chi connectivity index (χ0) is 9.31. The van der Waals surface area contributed by atoms with E-state index in [1.807, 2.05) is 0 Å². The zero-order valence-electron chi connectivity index (χ0n) is 8.64. The summed E-state index contributed by atoms with van der Waals surface area (Å²) in [6.07, 6.45) is 14.5. The molecule has 1 atom stereocenters. The SMILES string of the molecule is CCC1(C)C=CC=C2CCCC2=C1. The van der Waals surface area contributed by atoms with Gasteiger partial charge in [-0.05, 0) is 36.8 Å². The van der Waals surface area contributed by atoms with E-state index in [1.54, 1.807) is 11.1 Å². The van der Waals surface area contributed by atoms with Crippen LogP contribution in [0.15, 0.2) is 35.5 Å². The summed E-state index contributed by atoms with van der Waals surface area (Å²) in [7, 11) is 0. The molecule has 0 bridgehead atoms. The van der Waals surface area contributed by atoms with Gasteiger partial charge in [0.25, 0.3) is 0 Å². The molecule has 0 nitrogen and oxygen atoms in total. The summed E-state index contributed by atoms with van der Waals surface area (Å²) >= 11 is 0. The summed E-state index contributed by atoms with van der Waals surface area (Å²) in [5.41, 5.74) is 3.49. The average Bonchev–Trinajstić information content (AvgIpc) is 2.47. The van der Waals surface area contributed by atoms with Crippen LogP contribution in [0.25, 0.3) is 0 Å². The third-order valence-corrected chi connectivity index (χ3v) is 3.34. The van der Waals surface area contributed by atoms with Gasteiger partial charge in [0.1, 0.15) is 0 Å². The fourth-order valence-corrected chi connectivity index (χ4v) is 2.20. The predicted octanol–water partition coefficient (Wildman–Crippen LogP) is 4.01. The lowest BCUT2D eigenvalue weighted by atomic mass is 9.85. The van der Waals surface area contributed by atoms with Gasteiger partial charge in [-0.2, -0.15) is 0 Å². The molecule has 0 heteroatoms. The minimum atomic E-state index is 0.303. The number of allylic oxidation sites excluding steroid dienone is 6. The molecule has 0 aromatic heterocycles. The second kappa shape index (κ2) is 3.17. The Morgan fingerprint density at radius 1 is 1.31 bits per heavy atom. The van der Waals surface area contributed by atoms with Crippen LogP contribution in [-0.4, -0.2) is 0 Å². The van der Waals surface area contributed by atoms with E-state index in [4.69, 9.17) is 0 Å². The number of rotatable bonds is 1. The van der Waals surface area contributed by atoms with E-state index < -0.39 is 0 Å². The number of fused-ring (bicyclic) bond motifs is 1. The van der Waals surface area contributed by atoms with Gasteiger partial charge in [-0.1, -0.05) is 38.2 Å². The summed E-state index contributed by atoms with van der Waals surface area (Å²) < 4.78 is 0. The molecule has 1 fully saturated rings. The van der Waals surface area contributed by atoms with Crippen molar-refractivity contribution in [3.8, 4) is 0 Å². The van der Waals surface area contributed by atoms with E-state index in [1.165, 1.54) is 25.7 Å². The summed E-state index contributed by atoms with van der Waals surface area (Å²) in [5, 5.41) is 0. The van der Waals surface area contributed by atoms with Gasteiger partial charge in [0.2, 0.25) is 0 Å². The Balaban J connectivity index is 2.37. The fraction of sp³-hybridized carbons (Fsp3) is 0.538. The van der Waals surface area contributed by atoms with Crippen molar-refractivity contribution in [3.05, 3.63) is 35.5 Å². The zero-order valence-corrected chi connectivity index (χ0v) is 8.64. The highest BCUT2D eigenvalue weighted by Gasteiger charge is 2.22. The third-order valence-electron chi connectivity index (χ3n) is 3.34. The molecule has 0 heterocycles. The van der Waals surface area contributed by atoms with Crippen LogP contribution in [-0.2, 0) is 0 Å². The molecule has 0 N–H and O–H groups in total. The monoisotopic (exact) mass is 174 g/mol. The van der Waals surface area contributed by atoms with Crippen LogP contribution < -0.4 is 0 Å². The molecule has 0 saturated heterocycles. The smallest absolute Gasteiger partial charge is 0.00391 e. The molecule has 1 saturated carbocycles. The Kier molecular flexibility index (Phi) is 2.15. The van der Waals surface area contributed by atoms with Gasteiger partial charge >= 0.3 is 0 Å². The van der Waals surface area contributed by atoms with E-state index >= 15 is 0 Å². The fourth-order valence-electron chi connectivity index (χ4n) is 2.20. The van der Waals surface area contributed by atoms with Crippen molar-refractivity contribution < 1.29 is 0 Å². The molecule has 2 aliphatic rings. The first-order valence-electron chi connectivity index (χ1n) is 5.34. The van der Waals surface area contributed by atoms with Gasteiger partial charge in [-0.15, -0.1) is 0 Å². The van der Waals surface area contributed by atoms with Crippen molar-refractivity contribution in [3.63, 3.8) is 0 Å². The highest BCUT2D eigenvalue weighted by molar-refractivity contribution is 5.41. The normalized spacial score (nSPS) is 32.2. The summed E-state index contributed by atoms with van der Waals surface area (Å²) in [4.78, 5) is 0. The van der Waals surface area contributed by atoms with Crippen LogP contribution in [0.2, 0.25) is 0 Å². The Hall–Kier alpha value is -0.780. The lowest BCUT2D eigenvalue weighted by Gasteiger charge is -2.19. The highest BCUT2D eigenvalue weighted by Crippen LogP contribution is 2.38. The summed E-state index contributed by atoms with van der Waals surface area (Å²) in [6.45, 7) is 4.59. The molecule has 0 amide bonds. The predicted molar refractivity (Wildman–Crippen MR) is 57.6 cm³/mol. The first-order valence-corrected chi connectivity index (χ1v) is 5.34. The topological polar surface area (TPSA) is 0 Å². The maximum atomic E-state index is 2.48. The van der Waals surface area contributed by atoms with Gasteiger partial charge in [0, 0.05) is 5.41 Å². The van der Waals surface area contributed by atoms with Gasteiger partial charge in [-0.3, -0.25) is 0 Å². The van der Waals surface area contributed by atoms with Crippen LogP contribution in [0, 0.1) is 5.41 Å². The first-order chi connectivity index (χ1) is 6.23. The van der Waals surface area contributed by atoms with Crippen molar-refractivity contribution in [2.24, 2.45) is 5.41 Å². The molecular weight excluding hydrogens is 156 g/mol. The van der Waals surface area contributed by atoms with E-state index in [9.17, 15) is 0 Å². The molecule has 2 aliphatic carbocycles. The quantitative estimate of drug-likeness (QED) is 0.563. The Labute approximate surface area is 81.0 Å². The standard InChI is InChI=1S/C13H18/c1-3-13(2)9-5-8-11-6-4-7-12(11)10-13/h5,8-10H,3-4,6-7H2,1-2H3. The molecule has 0 aromatic rings. The van der Waals surface area contributed by atoms with Gasteiger partial charge < -0.3 is 0 Å². The third kappa shape index (κ3) is 1.63. The van der Waals surface area contributed by atoms with Crippen LogP contribution in [0.3, 0.4) is 0 Å². The molecule has 13 heavy (non-hydrogen) atoms. The molecule has 0 spiro atoms. The van der Waals surface area contributed by atoms with Gasteiger partial charge in [-0.25, -0.2) is 0 Å². The Bertz CT molecular complexity index is 291. The van der Waals surface area contributed by atoms with Crippen LogP contribution in [0.1, 0.15) is 39.5 Å². The second-order valence-electron chi connectivity index (χ2n) is 4.43. The maximum absolute atomic E-state index is 2.48.